The number of amides is 2. The van der Waals surface area contributed by atoms with Crippen LogP contribution in [0.1, 0.15) is 26.4 Å². The van der Waals surface area contributed by atoms with Gasteiger partial charge in [-0.1, -0.05) is 42.5 Å². The van der Waals surface area contributed by atoms with E-state index in [4.69, 9.17) is 0 Å². The summed E-state index contributed by atoms with van der Waals surface area (Å²) >= 11 is 0. The van der Waals surface area contributed by atoms with Gasteiger partial charge in [-0.15, -0.1) is 0 Å². The fourth-order valence-corrected chi connectivity index (χ4v) is 4.18. The topological polar surface area (TPSA) is 122 Å². The highest BCUT2D eigenvalue weighted by atomic mass is 32.2. The van der Waals surface area contributed by atoms with Crippen molar-refractivity contribution in [3.8, 4) is 5.69 Å². The zero-order valence-corrected chi connectivity index (χ0v) is 19.0. The maximum Gasteiger partial charge on any atom is 0.290 e. The first kappa shape index (κ1) is 23.8. The van der Waals surface area contributed by atoms with Gasteiger partial charge in [0.1, 0.15) is 5.82 Å². The molecular weight excluding hydrogens is 473 g/mol. The molecule has 35 heavy (non-hydrogen) atoms. The van der Waals surface area contributed by atoms with Crippen LogP contribution in [0.4, 0.5) is 4.39 Å². The standard InChI is InChI=1S/C24H20FN5O4S/c25-19-9-5-10-20(15-19)30-13-12-22(29-30)24(32)28-27-23(31)18-8-4-11-21(14-18)35(33,34)26-16-17-6-2-1-3-7-17/h1-15,26H,16H2,(H,27,31)(H,28,32). The van der Waals surface area contributed by atoms with Gasteiger partial charge in [0.2, 0.25) is 10.0 Å². The highest BCUT2D eigenvalue weighted by molar-refractivity contribution is 7.89. The molecule has 0 fully saturated rings. The van der Waals surface area contributed by atoms with Crippen molar-refractivity contribution in [3.05, 3.63) is 114 Å². The summed E-state index contributed by atoms with van der Waals surface area (Å²) < 4.78 is 42.5. The summed E-state index contributed by atoms with van der Waals surface area (Å²) in [6, 6.07) is 21.5. The Balaban J connectivity index is 1.38. The van der Waals surface area contributed by atoms with Crippen LogP contribution in [0.3, 0.4) is 0 Å². The van der Waals surface area contributed by atoms with Crippen LogP contribution in [0.5, 0.6) is 0 Å². The number of aromatic nitrogens is 2. The van der Waals surface area contributed by atoms with E-state index in [0.717, 1.165) is 5.56 Å². The molecule has 0 atom stereocenters. The number of carbonyl (C=O) groups excluding carboxylic acids is 2. The molecule has 0 radical (unpaired) electrons. The highest BCUT2D eigenvalue weighted by Gasteiger charge is 2.17. The highest BCUT2D eigenvalue weighted by Crippen LogP contribution is 2.13. The van der Waals surface area contributed by atoms with Crippen LogP contribution in [0.25, 0.3) is 5.69 Å². The molecule has 178 valence electrons. The van der Waals surface area contributed by atoms with Crippen LogP contribution in [0.2, 0.25) is 0 Å². The smallest absolute Gasteiger partial charge is 0.267 e. The van der Waals surface area contributed by atoms with Gasteiger partial charge in [-0.05, 0) is 48.0 Å². The van der Waals surface area contributed by atoms with E-state index >= 15 is 0 Å². The molecule has 3 aromatic carbocycles. The van der Waals surface area contributed by atoms with Crippen LogP contribution in [0, 0.1) is 5.82 Å². The van der Waals surface area contributed by atoms with Gasteiger partial charge in [0, 0.05) is 18.3 Å². The van der Waals surface area contributed by atoms with Gasteiger partial charge in [0.25, 0.3) is 11.8 Å². The van der Waals surface area contributed by atoms with Crippen molar-refractivity contribution < 1.29 is 22.4 Å². The normalized spacial score (nSPS) is 11.1. The van der Waals surface area contributed by atoms with Crippen LogP contribution in [-0.2, 0) is 16.6 Å². The minimum Gasteiger partial charge on any atom is -0.267 e. The van der Waals surface area contributed by atoms with Gasteiger partial charge >= 0.3 is 0 Å². The molecule has 11 heteroatoms. The predicted molar refractivity (Wildman–Crippen MR) is 125 cm³/mol. The number of carbonyl (C=O) groups is 2. The summed E-state index contributed by atoms with van der Waals surface area (Å²) in [5.41, 5.74) is 5.67. The lowest BCUT2D eigenvalue weighted by Gasteiger charge is -2.09. The lowest BCUT2D eigenvalue weighted by Crippen LogP contribution is -2.41. The van der Waals surface area contributed by atoms with E-state index < -0.39 is 27.7 Å². The van der Waals surface area contributed by atoms with Gasteiger partial charge in [-0.2, -0.15) is 5.10 Å². The third-order valence-electron chi connectivity index (χ3n) is 4.90. The zero-order valence-electron chi connectivity index (χ0n) is 18.2. The molecule has 0 aliphatic heterocycles. The van der Waals surface area contributed by atoms with Crippen molar-refractivity contribution in [3.63, 3.8) is 0 Å². The lowest BCUT2D eigenvalue weighted by atomic mass is 10.2. The van der Waals surface area contributed by atoms with Gasteiger partial charge < -0.3 is 0 Å². The Morgan fingerprint density at radius 3 is 2.37 bits per heavy atom. The number of hydrogen-bond acceptors (Lipinski definition) is 5. The van der Waals surface area contributed by atoms with Crippen molar-refractivity contribution >= 4 is 21.8 Å². The van der Waals surface area contributed by atoms with E-state index in [1.54, 1.807) is 30.3 Å². The van der Waals surface area contributed by atoms with E-state index in [2.05, 4.69) is 20.7 Å². The van der Waals surface area contributed by atoms with Gasteiger partial charge in [-0.25, -0.2) is 22.2 Å². The number of benzene rings is 3. The van der Waals surface area contributed by atoms with Gasteiger partial charge in [0.15, 0.2) is 5.69 Å². The quantitative estimate of drug-likeness (QED) is 0.342. The number of sulfonamides is 1. The molecule has 4 rings (SSSR count). The average molecular weight is 494 g/mol. The molecule has 0 spiro atoms. The molecule has 1 aromatic heterocycles. The Morgan fingerprint density at radius 1 is 0.857 bits per heavy atom. The first-order valence-corrected chi connectivity index (χ1v) is 11.9. The Labute approximate surface area is 200 Å². The second kappa shape index (κ2) is 10.3. The average Bonchev–Trinajstić information content (AvgIpc) is 3.37. The Hall–Kier alpha value is -4.35. The SMILES string of the molecule is O=C(NNC(=O)c1ccn(-c2cccc(F)c2)n1)c1cccc(S(=O)(=O)NCc2ccccc2)c1. The molecular formula is C24H20FN5O4S. The molecule has 0 bridgehead atoms. The lowest BCUT2D eigenvalue weighted by molar-refractivity contribution is 0.0843. The summed E-state index contributed by atoms with van der Waals surface area (Å²) in [5, 5.41) is 4.06. The van der Waals surface area contributed by atoms with Gasteiger partial charge in [0.05, 0.1) is 10.6 Å². The first-order chi connectivity index (χ1) is 16.8. The maximum absolute atomic E-state index is 13.4. The van der Waals surface area contributed by atoms with Crippen LogP contribution >= 0.6 is 0 Å². The summed E-state index contributed by atoms with van der Waals surface area (Å²) in [7, 11) is -3.87. The molecule has 3 N–H and O–H groups in total. The number of hydrogen-bond donors (Lipinski definition) is 3. The fraction of sp³-hybridized carbons (Fsp3) is 0.0417. The minimum absolute atomic E-state index is 0.0176. The van der Waals surface area contributed by atoms with Crippen molar-refractivity contribution in [2.24, 2.45) is 0 Å². The Kier molecular flexibility index (Phi) is 6.99. The van der Waals surface area contributed by atoms with E-state index in [-0.39, 0.29) is 22.7 Å². The number of hydrazine groups is 1. The number of nitrogens with one attached hydrogen (secondary N) is 3. The molecule has 1 heterocycles. The molecule has 2 amide bonds. The van der Waals surface area contributed by atoms with E-state index in [0.29, 0.717) is 5.69 Å². The van der Waals surface area contributed by atoms with E-state index in [9.17, 15) is 22.4 Å². The third-order valence-corrected chi connectivity index (χ3v) is 6.30. The Morgan fingerprint density at radius 2 is 1.60 bits per heavy atom. The molecule has 4 aromatic rings. The zero-order chi connectivity index (χ0) is 24.8. The third kappa shape index (κ3) is 5.96. The summed E-state index contributed by atoms with van der Waals surface area (Å²) in [4.78, 5) is 24.8. The van der Waals surface area contributed by atoms with Crippen LogP contribution in [0.15, 0.2) is 96.0 Å². The van der Waals surface area contributed by atoms with Crippen molar-refractivity contribution in [2.75, 3.05) is 0 Å². The van der Waals surface area contributed by atoms with E-state index in [1.807, 2.05) is 6.07 Å². The van der Waals surface area contributed by atoms with Crippen LogP contribution in [-0.4, -0.2) is 30.0 Å². The minimum atomic E-state index is -3.87. The largest absolute Gasteiger partial charge is 0.290 e. The molecule has 0 aliphatic rings. The molecule has 0 unspecified atom stereocenters. The van der Waals surface area contributed by atoms with Crippen LogP contribution < -0.4 is 15.6 Å². The second-order valence-electron chi connectivity index (χ2n) is 7.37. The Bertz CT molecular complexity index is 1470. The fourth-order valence-electron chi connectivity index (χ4n) is 3.12. The van der Waals surface area contributed by atoms with E-state index in [1.165, 1.54) is 59.4 Å². The molecule has 9 nitrogen and oxygen atoms in total. The van der Waals surface area contributed by atoms with Crippen molar-refractivity contribution in [1.82, 2.24) is 25.4 Å². The summed E-state index contributed by atoms with van der Waals surface area (Å²) in [5.74, 6) is -1.87. The van der Waals surface area contributed by atoms with Gasteiger partial charge in [-0.3, -0.25) is 20.4 Å². The number of halogens is 1. The number of nitrogens with zero attached hydrogens (tertiary/aromatic N) is 2. The summed E-state index contributed by atoms with van der Waals surface area (Å²) in [6.45, 7) is 0.0952. The second-order valence-corrected chi connectivity index (χ2v) is 9.14. The summed E-state index contributed by atoms with van der Waals surface area (Å²) in [6.07, 6.45) is 1.47. The maximum atomic E-state index is 13.4. The van der Waals surface area contributed by atoms with Crippen molar-refractivity contribution in [1.29, 1.82) is 0 Å². The molecule has 0 aliphatic carbocycles. The van der Waals surface area contributed by atoms with Crippen molar-refractivity contribution in [2.45, 2.75) is 11.4 Å². The molecule has 0 saturated heterocycles. The predicted octanol–water partition coefficient (Wildman–Crippen LogP) is 2.56. The monoisotopic (exact) mass is 493 g/mol. The number of rotatable bonds is 7. The first-order valence-electron chi connectivity index (χ1n) is 10.4. The molecule has 0 saturated carbocycles.